The fourth-order valence-electron chi connectivity index (χ4n) is 8.37. The molecule has 0 unspecified atom stereocenters. The molecular formula is C46H40N2. The molecule has 0 fully saturated rings. The number of hydrogen-bond acceptors (Lipinski definition) is 0. The van der Waals surface area contributed by atoms with Crippen molar-refractivity contribution in [3.05, 3.63) is 133 Å². The van der Waals surface area contributed by atoms with Crippen molar-refractivity contribution in [2.24, 2.45) is 0 Å². The van der Waals surface area contributed by atoms with Crippen LogP contribution in [0.15, 0.2) is 127 Å². The molecule has 0 atom stereocenters. The van der Waals surface area contributed by atoms with Crippen molar-refractivity contribution in [3.63, 3.8) is 0 Å². The summed E-state index contributed by atoms with van der Waals surface area (Å²) in [6.45, 7) is 13.3. The Morgan fingerprint density at radius 2 is 0.812 bits per heavy atom. The van der Waals surface area contributed by atoms with E-state index in [4.69, 9.17) is 0 Å². The lowest BCUT2D eigenvalue weighted by molar-refractivity contribution is 0.591. The van der Waals surface area contributed by atoms with Gasteiger partial charge in [-0.1, -0.05) is 106 Å². The van der Waals surface area contributed by atoms with Crippen molar-refractivity contribution in [1.82, 2.24) is 9.13 Å². The maximum absolute atomic E-state index is 2.47. The van der Waals surface area contributed by atoms with E-state index in [0.717, 1.165) is 13.1 Å². The van der Waals surface area contributed by atoms with Gasteiger partial charge >= 0.3 is 0 Å². The third-order valence-corrected chi connectivity index (χ3v) is 10.6. The Hall–Kier alpha value is -5.34. The number of benzene rings is 7. The minimum atomic E-state index is 0.0245. The Morgan fingerprint density at radius 3 is 1.29 bits per heavy atom. The second-order valence-electron chi connectivity index (χ2n) is 14.3. The van der Waals surface area contributed by atoms with E-state index in [0.29, 0.717) is 0 Å². The SMILES string of the molecule is CCn1c2ccccc2c2cc(-c3c4ccccc4c(-c4ccc5c(c4)c4ccccc4n5CC)c4cc(C(C)(C)C)ccc34)ccc21. The van der Waals surface area contributed by atoms with E-state index in [-0.39, 0.29) is 5.41 Å². The van der Waals surface area contributed by atoms with Crippen LogP contribution in [0.3, 0.4) is 0 Å². The molecule has 0 aliphatic carbocycles. The predicted molar refractivity (Wildman–Crippen MR) is 208 cm³/mol. The highest BCUT2D eigenvalue weighted by molar-refractivity contribution is 6.23. The number of fused-ring (bicyclic) bond motifs is 8. The van der Waals surface area contributed by atoms with E-state index in [1.165, 1.54) is 93.0 Å². The first-order chi connectivity index (χ1) is 23.4. The van der Waals surface area contributed by atoms with Crippen LogP contribution in [0.2, 0.25) is 0 Å². The molecule has 0 N–H and O–H groups in total. The van der Waals surface area contributed by atoms with Gasteiger partial charge in [-0.3, -0.25) is 0 Å². The summed E-state index contributed by atoms with van der Waals surface area (Å²) in [7, 11) is 0. The van der Waals surface area contributed by atoms with Crippen molar-refractivity contribution in [2.75, 3.05) is 0 Å². The molecule has 0 bridgehead atoms. The zero-order valence-electron chi connectivity index (χ0n) is 28.4. The summed E-state index contributed by atoms with van der Waals surface area (Å²) in [4.78, 5) is 0. The zero-order valence-corrected chi connectivity index (χ0v) is 28.4. The monoisotopic (exact) mass is 620 g/mol. The van der Waals surface area contributed by atoms with Crippen molar-refractivity contribution in [2.45, 2.75) is 53.1 Å². The highest BCUT2D eigenvalue weighted by atomic mass is 15.0. The van der Waals surface area contributed by atoms with E-state index < -0.39 is 0 Å². The summed E-state index contributed by atoms with van der Waals surface area (Å²) in [6.07, 6.45) is 0. The van der Waals surface area contributed by atoms with E-state index in [2.05, 4.69) is 171 Å². The molecule has 0 saturated carbocycles. The lowest BCUT2D eigenvalue weighted by Gasteiger charge is -2.23. The first-order valence-electron chi connectivity index (χ1n) is 17.4. The summed E-state index contributed by atoms with van der Waals surface area (Å²) < 4.78 is 4.88. The Balaban J connectivity index is 1.40. The fourth-order valence-corrected chi connectivity index (χ4v) is 8.37. The maximum atomic E-state index is 2.47. The Labute approximate surface area is 281 Å². The minimum Gasteiger partial charge on any atom is -0.341 e. The minimum absolute atomic E-state index is 0.0245. The molecule has 234 valence electrons. The first kappa shape index (κ1) is 28.8. The average Bonchev–Trinajstić information content (AvgIpc) is 3.61. The van der Waals surface area contributed by atoms with Gasteiger partial charge in [0.25, 0.3) is 0 Å². The van der Waals surface area contributed by atoms with Crippen molar-refractivity contribution in [3.8, 4) is 22.3 Å². The largest absolute Gasteiger partial charge is 0.341 e. The topological polar surface area (TPSA) is 9.86 Å². The van der Waals surface area contributed by atoms with Gasteiger partial charge in [0.2, 0.25) is 0 Å². The number of aromatic nitrogens is 2. The molecule has 2 nitrogen and oxygen atoms in total. The molecule has 2 heteroatoms. The Bertz CT molecular complexity index is 2730. The summed E-state index contributed by atoms with van der Waals surface area (Å²) in [6, 6.07) is 48.2. The van der Waals surface area contributed by atoms with Gasteiger partial charge in [0, 0.05) is 56.7 Å². The number of aryl methyl sites for hydroxylation is 2. The normalized spacial score (nSPS) is 12.4. The van der Waals surface area contributed by atoms with Crippen LogP contribution in [0.25, 0.3) is 87.4 Å². The second kappa shape index (κ2) is 10.6. The number of para-hydroxylation sites is 2. The molecule has 2 aromatic heterocycles. The van der Waals surface area contributed by atoms with Crippen LogP contribution in [0.1, 0.15) is 40.2 Å². The summed E-state index contributed by atoms with van der Waals surface area (Å²) in [5, 5.41) is 10.5. The van der Waals surface area contributed by atoms with E-state index in [1.807, 2.05) is 0 Å². The molecule has 0 amide bonds. The van der Waals surface area contributed by atoms with Gasteiger partial charge in [-0.2, -0.15) is 0 Å². The molecule has 9 aromatic rings. The molecule has 0 aliphatic rings. The van der Waals surface area contributed by atoms with Crippen molar-refractivity contribution < 1.29 is 0 Å². The quantitative estimate of drug-likeness (QED) is 0.173. The maximum Gasteiger partial charge on any atom is 0.0491 e. The molecule has 0 spiro atoms. The molecule has 7 aromatic carbocycles. The summed E-state index contributed by atoms with van der Waals surface area (Å²) in [5.41, 5.74) is 11.7. The van der Waals surface area contributed by atoms with Crippen LogP contribution in [-0.4, -0.2) is 9.13 Å². The molecule has 2 heterocycles. The molecule has 9 rings (SSSR count). The van der Waals surface area contributed by atoms with Gasteiger partial charge in [-0.15, -0.1) is 0 Å². The average molecular weight is 621 g/mol. The van der Waals surface area contributed by atoms with Gasteiger partial charge < -0.3 is 9.13 Å². The summed E-state index contributed by atoms with van der Waals surface area (Å²) >= 11 is 0. The fraction of sp³-hybridized carbons (Fsp3) is 0.174. The Morgan fingerprint density at radius 1 is 0.396 bits per heavy atom. The van der Waals surface area contributed by atoms with Gasteiger partial charge in [0.15, 0.2) is 0 Å². The van der Waals surface area contributed by atoms with Crippen LogP contribution in [0.4, 0.5) is 0 Å². The van der Waals surface area contributed by atoms with Crippen molar-refractivity contribution >= 4 is 65.2 Å². The van der Waals surface area contributed by atoms with Gasteiger partial charge in [0.05, 0.1) is 0 Å². The van der Waals surface area contributed by atoms with Crippen LogP contribution in [0.5, 0.6) is 0 Å². The predicted octanol–water partition coefficient (Wildman–Crippen LogP) is 12.9. The number of nitrogens with zero attached hydrogens (tertiary/aromatic N) is 2. The van der Waals surface area contributed by atoms with Crippen molar-refractivity contribution in [1.29, 1.82) is 0 Å². The standard InChI is InChI=1S/C46H40N2/c1-6-47-40-18-12-10-14-32(40)37-26-29(20-24-42(37)47)44-34-16-8-9-17-35(34)45(39-28-31(46(3,4)5)22-23-36(39)44)30-21-25-43-38(27-30)33-15-11-13-19-41(33)48(43)7-2/h8-28H,6-7H2,1-5H3. The number of hydrogen-bond donors (Lipinski definition) is 0. The second-order valence-corrected chi connectivity index (χ2v) is 14.3. The lowest BCUT2D eigenvalue weighted by Crippen LogP contribution is -2.10. The van der Waals surface area contributed by atoms with Crippen LogP contribution in [-0.2, 0) is 18.5 Å². The summed E-state index contributed by atoms with van der Waals surface area (Å²) in [5.74, 6) is 0. The van der Waals surface area contributed by atoms with E-state index in [9.17, 15) is 0 Å². The Kier molecular flexibility index (Phi) is 6.36. The van der Waals surface area contributed by atoms with Crippen LogP contribution in [0, 0.1) is 0 Å². The van der Waals surface area contributed by atoms with Gasteiger partial charge in [0.1, 0.15) is 0 Å². The number of rotatable bonds is 4. The third-order valence-electron chi connectivity index (χ3n) is 10.6. The van der Waals surface area contributed by atoms with Gasteiger partial charge in [-0.05, 0) is 111 Å². The van der Waals surface area contributed by atoms with Crippen LogP contribution >= 0.6 is 0 Å². The third kappa shape index (κ3) is 4.12. The molecular weight excluding hydrogens is 581 g/mol. The molecule has 0 aliphatic heterocycles. The van der Waals surface area contributed by atoms with E-state index >= 15 is 0 Å². The first-order valence-corrected chi connectivity index (χ1v) is 17.4. The lowest BCUT2D eigenvalue weighted by atomic mass is 9.81. The van der Waals surface area contributed by atoms with E-state index in [1.54, 1.807) is 0 Å². The van der Waals surface area contributed by atoms with Crippen LogP contribution < -0.4 is 0 Å². The zero-order chi connectivity index (χ0) is 32.7. The highest BCUT2D eigenvalue weighted by Crippen LogP contribution is 2.46. The highest BCUT2D eigenvalue weighted by Gasteiger charge is 2.22. The smallest absolute Gasteiger partial charge is 0.0491 e. The molecule has 48 heavy (non-hydrogen) atoms. The molecule has 0 radical (unpaired) electrons. The molecule has 0 saturated heterocycles. The van der Waals surface area contributed by atoms with Gasteiger partial charge in [-0.25, -0.2) is 0 Å².